The summed E-state index contributed by atoms with van der Waals surface area (Å²) in [6, 6.07) is 4.31. The lowest BCUT2D eigenvalue weighted by Crippen LogP contribution is -2.24. The topological polar surface area (TPSA) is 20.2 Å². The summed E-state index contributed by atoms with van der Waals surface area (Å²) in [7, 11) is 0. The van der Waals surface area contributed by atoms with Gasteiger partial charge in [0, 0.05) is 5.02 Å². The SMILES string of the molecule is CC(CC(O)Cc1ccc(F)cc1Cl)C(C)(C)C. The quantitative estimate of drug-likeness (QED) is 0.858. The van der Waals surface area contributed by atoms with E-state index in [1.165, 1.54) is 12.1 Å². The number of aliphatic hydroxyl groups excluding tert-OH is 1. The molecular weight excluding hydrogens is 251 g/mol. The molecule has 2 atom stereocenters. The van der Waals surface area contributed by atoms with E-state index in [9.17, 15) is 9.50 Å². The van der Waals surface area contributed by atoms with Gasteiger partial charge in [0.1, 0.15) is 5.82 Å². The molecule has 1 N–H and O–H groups in total. The molecule has 0 heterocycles. The molecule has 0 fully saturated rings. The van der Waals surface area contributed by atoms with E-state index in [1.807, 2.05) is 0 Å². The molecule has 1 nitrogen and oxygen atoms in total. The highest BCUT2D eigenvalue weighted by atomic mass is 35.5. The van der Waals surface area contributed by atoms with Crippen molar-refractivity contribution in [2.75, 3.05) is 0 Å². The summed E-state index contributed by atoms with van der Waals surface area (Å²) in [5, 5.41) is 10.5. The minimum atomic E-state index is -0.442. The van der Waals surface area contributed by atoms with Gasteiger partial charge in [-0.05, 0) is 41.9 Å². The zero-order chi connectivity index (χ0) is 13.9. The third-order valence-electron chi connectivity index (χ3n) is 3.57. The molecule has 0 aliphatic heterocycles. The zero-order valence-corrected chi connectivity index (χ0v) is 12.3. The van der Waals surface area contributed by atoms with Crippen molar-refractivity contribution < 1.29 is 9.50 Å². The predicted molar refractivity (Wildman–Crippen MR) is 74.4 cm³/mol. The Bertz CT molecular complexity index is 398. The molecule has 1 aromatic carbocycles. The molecule has 0 spiro atoms. The molecule has 1 aromatic rings. The molecule has 3 heteroatoms. The van der Waals surface area contributed by atoms with Crippen molar-refractivity contribution in [1.82, 2.24) is 0 Å². The van der Waals surface area contributed by atoms with Crippen LogP contribution in [0.4, 0.5) is 4.39 Å². The van der Waals surface area contributed by atoms with Crippen molar-refractivity contribution >= 4 is 11.6 Å². The summed E-state index contributed by atoms with van der Waals surface area (Å²) in [6.07, 6.45) is 0.749. The van der Waals surface area contributed by atoms with Gasteiger partial charge in [0.2, 0.25) is 0 Å². The Labute approximate surface area is 114 Å². The van der Waals surface area contributed by atoms with Gasteiger partial charge in [0.15, 0.2) is 0 Å². The fourth-order valence-electron chi connectivity index (χ4n) is 1.79. The summed E-state index contributed by atoms with van der Waals surface area (Å²) in [5.74, 6) is 0.0630. The van der Waals surface area contributed by atoms with Gasteiger partial charge < -0.3 is 5.11 Å². The maximum Gasteiger partial charge on any atom is 0.124 e. The molecule has 0 aromatic heterocycles. The number of hydrogen-bond acceptors (Lipinski definition) is 1. The van der Waals surface area contributed by atoms with Crippen LogP contribution in [0.25, 0.3) is 0 Å². The van der Waals surface area contributed by atoms with E-state index < -0.39 is 6.10 Å². The van der Waals surface area contributed by atoms with Crippen LogP contribution >= 0.6 is 11.6 Å². The number of aliphatic hydroxyl groups is 1. The second kappa shape index (κ2) is 6.03. The van der Waals surface area contributed by atoms with E-state index in [0.717, 1.165) is 12.0 Å². The zero-order valence-electron chi connectivity index (χ0n) is 11.5. The van der Waals surface area contributed by atoms with E-state index in [-0.39, 0.29) is 11.2 Å². The van der Waals surface area contributed by atoms with Gasteiger partial charge in [-0.1, -0.05) is 45.4 Å². The highest BCUT2D eigenvalue weighted by Crippen LogP contribution is 2.30. The average Bonchev–Trinajstić information content (AvgIpc) is 2.20. The highest BCUT2D eigenvalue weighted by molar-refractivity contribution is 6.31. The third-order valence-corrected chi connectivity index (χ3v) is 3.93. The third kappa shape index (κ3) is 4.58. The molecule has 0 saturated carbocycles. The average molecular weight is 273 g/mol. The van der Waals surface area contributed by atoms with Crippen LogP contribution in [0.5, 0.6) is 0 Å². The van der Waals surface area contributed by atoms with Gasteiger partial charge in [-0.3, -0.25) is 0 Å². The van der Waals surface area contributed by atoms with Crippen LogP contribution in [0.15, 0.2) is 18.2 Å². The lowest BCUT2D eigenvalue weighted by molar-refractivity contribution is 0.110. The van der Waals surface area contributed by atoms with Crippen molar-refractivity contribution in [3.8, 4) is 0 Å². The van der Waals surface area contributed by atoms with Crippen LogP contribution in [0.1, 0.15) is 39.7 Å². The van der Waals surface area contributed by atoms with Crippen molar-refractivity contribution in [2.24, 2.45) is 11.3 Å². The Morgan fingerprint density at radius 2 is 1.94 bits per heavy atom. The van der Waals surface area contributed by atoms with Gasteiger partial charge in [0.05, 0.1) is 6.10 Å². The standard InChI is InChI=1S/C15H22ClFO/c1-10(15(2,3)4)7-13(18)8-11-5-6-12(17)9-14(11)16/h5-6,9-10,13,18H,7-8H2,1-4H3. The van der Waals surface area contributed by atoms with Crippen LogP contribution in [0, 0.1) is 17.2 Å². The van der Waals surface area contributed by atoms with E-state index in [2.05, 4.69) is 27.7 Å². The Morgan fingerprint density at radius 1 is 1.33 bits per heavy atom. The van der Waals surface area contributed by atoms with Crippen molar-refractivity contribution in [1.29, 1.82) is 0 Å². The maximum atomic E-state index is 12.9. The van der Waals surface area contributed by atoms with E-state index in [4.69, 9.17) is 11.6 Å². The molecule has 2 unspecified atom stereocenters. The minimum Gasteiger partial charge on any atom is -0.393 e. The number of benzene rings is 1. The summed E-state index contributed by atoms with van der Waals surface area (Å²) in [5.41, 5.74) is 0.972. The molecule has 18 heavy (non-hydrogen) atoms. The monoisotopic (exact) mass is 272 g/mol. The Hall–Kier alpha value is -0.600. The Balaban J connectivity index is 2.62. The first-order chi connectivity index (χ1) is 8.20. The highest BCUT2D eigenvalue weighted by Gasteiger charge is 2.23. The Morgan fingerprint density at radius 3 is 2.44 bits per heavy atom. The van der Waals surface area contributed by atoms with E-state index in [1.54, 1.807) is 6.07 Å². The first-order valence-electron chi connectivity index (χ1n) is 6.32. The first kappa shape index (κ1) is 15.5. The van der Waals surface area contributed by atoms with Crippen LogP contribution in [-0.2, 0) is 6.42 Å². The molecule has 0 aliphatic rings. The van der Waals surface area contributed by atoms with Crippen LogP contribution in [-0.4, -0.2) is 11.2 Å². The van der Waals surface area contributed by atoms with Gasteiger partial charge in [-0.15, -0.1) is 0 Å². The lowest BCUT2D eigenvalue weighted by Gasteiger charge is -2.29. The summed E-state index contributed by atoms with van der Waals surface area (Å²) < 4.78 is 12.9. The van der Waals surface area contributed by atoms with Gasteiger partial charge in [0.25, 0.3) is 0 Å². The molecule has 102 valence electrons. The molecule has 0 bridgehead atoms. The summed E-state index contributed by atoms with van der Waals surface area (Å²) in [6.45, 7) is 8.62. The Kier molecular flexibility index (Phi) is 5.18. The molecular formula is C15H22ClFO. The normalized spacial score (nSPS) is 15.5. The van der Waals surface area contributed by atoms with Crippen LogP contribution in [0.3, 0.4) is 0 Å². The predicted octanol–water partition coefficient (Wildman–Crippen LogP) is 4.45. The number of halogens is 2. The molecule has 1 rings (SSSR count). The summed E-state index contributed by atoms with van der Waals surface area (Å²) in [4.78, 5) is 0. The number of rotatable bonds is 4. The largest absolute Gasteiger partial charge is 0.393 e. The molecule has 0 saturated heterocycles. The maximum absolute atomic E-state index is 12.9. The van der Waals surface area contributed by atoms with E-state index >= 15 is 0 Å². The molecule has 0 amide bonds. The van der Waals surface area contributed by atoms with Crippen molar-refractivity contribution in [3.05, 3.63) is 34.6 Å². The summed E-state index contributed by atoms with van der Waals surface area (Å²) >= 11 is 5.95. The van der Waals surface area contributed by atoms with Gasteiger partial charge >= 0.3 is 0 Å². The van der Waals surface area contributed by atoms with Crippen LogP contribution in [0.2, 0.25) is 5.02 Å². The second-order valence-electron chi connectivity index (χ2n) is 6.10. The van der Waals surface area contributed by atoms with Crippen LogP contribution < -0.4 is 0 Å². The fraction of sp³-hybridized carbons (Fsp3) is 0.600. The van der Waals surface area contributed by atoms with E-state index in [0.29, 0.717) is 17.4 Å². The van der Waals surface area contributed by atoms with Crippen molar-refractivity contribution in [3.63, 3.8) is 0 Å². The minimum absolute atomic E-state index is 0.174. The smallest absolute Gasteiger partial charge is 0.124 e. The van der Waals surface area contributed by atoms with Crippen molar-refractivity contribution in [2.45, 2.75) is 46.6 Å². The van der Waals surface area contributed by atoms with Gasteiger partial charge in [-0.25, -0.2) is 4.39 Å². The molecule has 0 aliphatic carbocycles. The molecule has 0 radical (unpaired) electrons. The lowest BCUT2D eigenvalue weighted by atomic mass is 9.78. The fourth-order valence-corrected chi connectivity index (χ4v) is 2.03. The second-order valence-corrected chi connectivity index (χ2v) is 6.50. The first-order valence-corrected chi connectivity index (χ1v) is 6.70. The number of hydrogen-bond donors (Lipinski definition) is 1. The van der Waals surface area contributed by atoms with Gasteiger partial charge in [-0.2, -0.15) is 0 Å².